The first-order valence-electron chi connectivity index (χ1n) is 7.14. The molecular formula is C16H21N5. The lowest BCUT2D eigenvalue weighted by Gasteiger charge is -2.18. The van der Waals surface area contributed by atoms with E-state index in [0.29, 0.717) is 0 Å². The van der Waals surface area contributed by atoms with Crippen LogP contribution < -0.4 is 5.32 Å². The highest BCUT2D eigenvalue weighted by Crippen LogP contribution is 2.26. The molecule has 3 aromatic rings. The normalized spacial score (nSPS) is 12.0. The Morgan fingerprint density at radius 1 is 1.29 bits per heavy atom. The fourth-order valence-corrected chi connectivity index (χ4v) is 2.61. The second kappa shape index (κ2) is 4.91. The van der Waals surface area contributed by atoms with Crippen LogP contribution in [0.4, 0.5) is 5.69 Å². The molecule has 0 saturated carbocycles. The number of aromatic nitrogens is 4. The molecule has 0 spiro atoms. The molecule has 0 amide bonds. The number of anilines is 1. The van der Waals surface area contributed by atoms with Crippen LogP contribution in [0.1, 0.15) is 32.0 Å². The lowest BCUT2D eigenvalue weighted by atomic mass is 9.89. The third-order valence-corrected chi connectivity index (χ3v) is 3.56. The smallest absolute Gasteiger partial charge is 0.0881 e. The van der Waals surface area contributed by atoms with E-state index in [4.69, 9.17) is 0 Å². The van der Waals surface area contributed by atoms with Gasteiger partial charge < -0.3 is 5.32 Å². The number of aryl methyl sites for hydroxylation is 1. The van der Waals surface area contributed by atoms with Crippen LogP contribution in [0.15, 0.2) is 30.6 Å². The number of hydrogen-bond acceptors (Lipinski definition) is 3. The summed E-state index contributed by atoms with van der Waals surface area (Å²) in [7, 11) is 1.97. The van der Waals surface area contributed by atoms with Crippen molar-refractivity contribution in [2.24, 2.45) is 7.05 Å². The first kappa shape index (κ1) is 13.7. The monoisotopic (exact) mass is 283 g/mol. The van der Waals surface area contributed by atoms with Gasteiger partial charge in [0.2, 0.25) is 0 Å². The van der Waals surface area contributed by atoms with Crippen molar-refractivity contribution in [2.45, 2.75) is 32.7 Å². The van der Waals surface area contributed by atoms with Crippen molar-refractivity contribution in [3.05, 3.63) is 41.9 Å². The lowest BCUT2D eigenvalue weighted by molar-refractivity contribution is 0.549. The van der Waals surface area contributed by atoms with Crippen LogP contribution in [0, 0.1) is 0 Å². The minimum atomic E-state index is 0.0400. The average Bonchev–Trinajstić information content (AvgIpc) is 3.01. The first-order chi connectivity index (χ1) is 9.95. The van der Waals surface area contributed by atoms with Gasteiger partial charge in [-0.3, -0.25) is 9.78 Å². The predicted molar refractivity (Wildman–Crippen MR) is 85.3 cm³/mol. The Balaban J connectivity index is 1.87. The van der Waals surface area contributed by atoms with E-state index in [9.17, 15) is 0 Å². The maximum absolute atomic E-state index is 4.60. The zero-order valence-electron chi connectivity index (χ0n) is 12.9. The maximum Gasteiger partial charge on any atom is 0.0881 e. The van der Waals surface area contributed by atoms with E-state index in [2.05, 4.69) is 59.7 Å². The lowest BCUT2D eigenvalue weighted by Crippen LogP contribution is -2.16. The molecule has 2 N–H and O–H groups in total. The summed E-state index contributed by atoms with van der Waals surface area (Å²) in [6.07, 6.45) is 3.92. The Bertz CT molecular complexity index is 760. The number of para-hydroxylation sites is 1. The highest BCUT2D eigenvalue weighted by Gasteiger charge is 2.21. The van der Waals surface area contributed by atoms with Gasteiger partial charge >= 0.3 is 0 Å². The summed E-state index contributed by atoms with van der Waals surface area (Å²) in [6.45, 7) is 7.32. The summed E-state index contributed by atoms with van der Waals surface area (Å²) in [6, 6.07) is 6.15. The molecule has 0 bridgehead atoms. The van der Waals surface area contributed by atoms with Gasteiger partial charge in [0.25, 0.3) is 0 Å². The van der Waals surface area contributed by atoms with Crippen LogP contribution in [0.2, 0.25) is 0 Å². The predicted octanol–water partition coefficient (Wildman–Crippen LogP) is 3.21. The molecule has 2 heterocycles. The third-order valence-electron chi connectivity index (χ3n) is 3.56. The standard InChI is InChI=1S/C16H21N5/c1-16(2,3)15-12(10-21(4)20-15)8-17-13-7-5-6-11-9-18-19-14(11)13/h5-7,9-10,17H,8H2,1-4H3,(H,18,19). The van der Waals surface area contributed by atoms with E-state index < -0.39 is 0 Å². The van der Waals surface area contributed by atoms with Crippen LogP contribution in [0.25, 0.3) is 10.9 Å². The maximum atomic E-state index is 4.60. The summed E-state index contributed by atoms with van der Waals surface area (Å²) in [5.74, 6) is 0. The summed E-state index contributed by atoms with van der Waals surface area (Å²) in [4.78, 5) is 0. The second-order valence-corrected chi connectivity index (χ2v) is 6.42. The van der Waals surface area contributed by atoms with Gasteiger partial charge in [0.05, 0.1) is 23.1 Å². The Hall–Kier alpha value is -2.30. The molecule has 110 valence electrons. The highest BCUT2D eigenvalue weighted by atomic mass is 15.3. The Morgan fingerprint density at radius 3 is 2.86 bits per heavy atom. The summed E-state index contributed by atoms with van der Waals surface area (Å²) < 4.78 is 1.88. The molecule has 5 nitrogen and oxygen atoms in total. The van der Waals surface area contributed by atoms with E-state index >= 15 is 0 Å². The van der Waals surface area contributed by atoms with Crippen molar-refractivity contribution >= 4 is 16.6 Å². The Kier molecular flexibility index (Phi) is 3.20. The van der Waals surface area contributed by atoms with Crippen LogP contribution in [-0.4, -0.2) is 20.0 Å². The van der Waals surface area contributed by atoms with Gasteiger partial charge in [-0.25, -0.2) is 0 Å². The molecule has 0 aliphatic rings. The number of fused-ring (bicyclic) bond motifs is 1. The zero-order chi connectivity index (χ0) is 15.0. The number of aromatic amines is 1. The fraction of sp³-hybridized carbons (Fsp3) is 0.375. The quantitative estimate of drug-likeness (QED) is 0.776. The van der Waals surface area contributed by atoms with Crippen molar-refractivity contribution in [1.29, 1.82) is 0 Å². The molecule has 0 radical (unpaired) electrons. The van der Waals surface area contributed by atoms with Crippen LogP contribution in [0.5, 0.6) is 0 Å². The molecule has 3 rings (SSSR count). The number of nitrogens with zero attached hydrogens (tertiary/aromatic N) is 3. The SMILES string of the molecule is Cn1cc(CNc2cccc3cn[nH]c23)c(C(C)(C)C)n1. The molecule has 0 unspecified atom stereocenters. The molecule has 0 aliphatic heterocycles. The van der Waals surface area contributed by atoms with Crippen molar-refractivity contribution < 1.29 is 0 Å². The van der Waals surface area contributed by atoms with E-state index in [1.165, 1.54) is 5.56 Å². The van der Waals surface area contributed by atoms with Crippen molar-refractivity contribution in [1.82, 2.24) is 20.0 Å². The Labute approximate surface area is 124 Å². The largest absolute Gasteiger partial charge is 0.379 e. The summed E-state index contributed by atoms with van der Waals surface area (Å²) in [5.41, 5.74) is 4.50. The average molecular weight is 283 g/mol. The van der Waals surface area contributed by atoms with Crippen molar-refractivity contribution in [3.63, 3.8) is 0 Å². The van der Waals surface area contributed by atoms with Gasteiger partial charge in [-0.2, -0.15) is 10.2 Å². The van der Waals surface area contributed by atoms with Crippen molar-refractivity contribution in [3.8, 4) is 0 Å². The minimum Gasteiger partial charge on any atom is -0.379 e. The van der Waals surface area contributed by atoms with E-state index in [1.54, 1.807) is 0 Å². The zero-order valence-corrected chi connectivity index (χ0v) is 12.9. The minimum absolute atomic E-state index is 0.0400. The van der Waals surface area contributed by atoms with E-state index in [-0.39, 0.29) is 5.41 Å². The topological polar surface area (TPSA) is 58.5 Å². The number of H-pyrrole nitrogens is 1. The molecular weight excluding hydrogens is 262 g/mol. The molecule has 5 heteroatoms. The number of nitrogens with one attached hydrogen (secondary N) is 2. The van der Waals surface area contributed by atoms with Gasteiger partial charge in [0.1, 0.15) is 0 Å². The van der Waals surface area contributed by atoms with Gasteiger partial charge in [0, 0.05) is 36.2 Å². The highest BCUT2D eigenvalue weighted by molar-refractivity contribution is 5.89. The van der Waals surface area contributed by atoms with Crippen LogP contribution in [-0.2, 0) is 19.0 Å². The summed E-state index contributed by atoms with van der Waals surface area (Å²) >= 11 is 0. The molecule has 0 aliphatic carbocycles. The second-order valence-electron chi connectivity index (χ2n) is 6.42. The van der Waals surface area contributed by atoms with Crippen LogP contribution in [0.3, 0.4) is 0 Å². The number of hydrogen-bond donors (Lipinski definition) is 2. The Morgan fingerprint density at radius 2 is 2.10 bits per heavy atom. The molecule has 1 aromatic carbocycles. The number of benzene rings is 1. The van der Waals surface area contributed by atoms with Gasteiger partial charge in [-0.15, -0.1) is 0 Å². The van der Waals surface area contributed by atoms with Gasteiger partial charge in [-0.05, 0) is 6.07 Å². The van der Waals surface area contributed by atoms with E-state index in [0.717, 1.165) is 28.8 Å². The third kappa shape index (κ3) is 2.63. The van der Waals surface area contributed by atoms with Crippen LogP contribution >= 0.6 is 0 Å². The summed E-state index contributed by atoms with van der Waals surface area (Å²) in [5, 5.41) is 16.3. The van der Waals surface area contributed by atoms with Crippen molar-refractivity contribution in [2.75, 3.05) is 5.32 Å². The molecule has 0 saturated heterocycles. The molecule has 21 heavy (non-hydrogen) atoms. The van der Waals surface area contributed by atoms with Gasteiger partial charge in [0.15, 0.2) is 0 Å². The molecule has 0 atom stereocenters. The molecule has 2 aromatic heterocycles. The first-order valence-corrected chi connectivity index (χ1v) is 7.14. The van der Waals surface area contributed by atoms with Gasteiger partial charge in [-0.1, -0.05) is 32.9 Å². The van der Waals surface area contributed by atoms with E-state index in [1.807, 2.05) is 24.0 Å². The fourth-order valence-electron chi connectivity index (χ4n) is 2.61. The molecule has 0 fully saturated rings. The number of rotatable bonds is 3.